The SMILES string of the molecule is Cc1nc(COc2ccc(N(C)S(C)(=O)=O)cc2)sc1C. The normalized spacial score (nSPS) is 11.4. The maximum absolute atomic E-state index is 11.4. The van der Waals surface area contributed by atoms with E-state index >= 15 is 0 Å². The molecule has 0 aliphatic heterocycles. The fourth-order valence-electron chi connectivity index (χ4n) is 1.69. The number of hydrogen-bond acceptors (Lipinski definition) is 5. The Morgan fingerprint density at radius 3 is 2.33 bits per heavy atom. The lowest BCUT2D eigenvalue weighted by Crippen LogP contribution is -2.24. The van der Waals surface area contributed by atoms with E-state index in [0.29, 0.717) is 18.0 Å². The topological polar surface area (TPSA) is 59.5 Å². The molecule has 7 heteroatoms. The van der Waals surface area contributed by atoms with E-state index in [0.717, 1.165) is 10.7 Å². The van der Waals surface area contributed by atoms with Gasteiger partial charge in [0.15, 0.2) is 0 Å². The van der Waals surface area contributed by atoms with Crippen LogP contribution in [0.1, 0.15) is 15.6 Å². The Kier molecular flexibility index (Phi) is 4.53. The maximum atomic E-state index is 11.4. The van der Waals surface area contributed by atoms with E-state index in [1.807, 2.05) is 13.8 Å². The Labute approximate surface area is 129 Å². The van der Waals surface area contributed by atoms with Crippen molar-refractivity contribution in [3.05, 3.63) is 39.8 Å². The Morgan fingerprint density at radius 2 is 1.86 bits per heavy atom. The minimum atomic E-state index is -3.24. The van der Waals surface area contributed by atoms with Gasteiger partial charge in [0.25, 0.3) is 0 Å². The zero-order chi connectivity index (χ0) is 15.6. The van der Waals surface area contributed by atoms with Gasteiger partial charge in [-0.15, -0.1) is 11.3 Å². The molecule has 0 radical (unpaired) electrons. The number of benzene rings is 1. The van der Waals surface area contributed by atoms with Crippen molar-refractivity contribution in [2.75, 3.05) is 17.6 Å². The molecule has 0 fully saturated rings. The van der Waals surface area contributed by atoms with Gasteiger partial charge in [0.05, 0.1) is 17.6 Å². The van der Waals surface area contributed by atoms with Gasteiger partial charge in [-0.3, -0.25) is 4.31 Å². The molecule has 5 nitrogen and oxygen atoms in total. The quantitative estimate of drug-likeness (QED) is 0.848. The number of aryl methyl sites for hydroxylation is 2. The van der Waals surface area contributed by atoms with Crippen LogP contribution in [0.4, 0.5) is 5.69 Å². The Balaban J connectivity index is 2.03. The molecule has 1 aromatic carbocycles. The monoisotopic (exact) mass is 326 g/mol. The molecule has 114 valence electrons. The first-order chi connectivity index (χ1) is 9.77. The molecule has 0 bridgehead atoms. The number of thiazole rings is 1. The molecule has 0 aliphatic rings. The molecular formula is C14H18N2O3S2. The molecular weight excluding hydrogens is 308 g/mol. The van der Waals surface area contributed by atoms with Crippen molar-refractivity contribution < 1.29 is 13.2 Å². The Bertz CT molecular complexity index is 702. The highest BCUT2D eigenvalue weighted by Gasteiger charge is 2.11. The molecule has 0 amide bonds. The molecule has 0 saturated carbocycles. The van der Waals surface area contributed by atoms with Crippen LogP contribution < -0.4 is 9.04 Å². The molecule has 0 atom stereocenters. The van der Waals surface area contributed by atoms with Crippen LogP contribution in [-0.2, 0) is 16.6 Å². The summed E-state index contributed by atoms with van der Waals surface area (Å²) in [4.78, 5) is 5.60. The van der Waals surface area contributed by atoms with Crippen LogP contribution in [0.3, 0.4) is 0 Å². The summed E-state index contributed by atoms with van der Waals surface area (Å²) in [6, 6.07) is 6.94. The van der Waals surface area contributed by atoms with Gasteiger partial charge < -0.3 is 4.74 Å². The number of anilines is 1. The third kappa shape index (κ3) is 3.95. The van der Waals surface area contributed by atoms with Gasteiger partial charge in [-0.05, 0) is 38.1 Å². The van der Waals surface area contributed by atoms with Crippen LogP contribution in [0, 0.1) is 13.8 Å². The average Bonchev–Trinajstić information content (AvgIpc) is 2.74. The fourth-order valence-corrected chi connectivity index (χ4v) is 3.04. The lowest BCUT2D eigenvalue weighted by atomic mass is 10.3. The van der Waals surface area contributed by atoms with Crippen molar-refractivity contribution in [2.45, 2.75) is 20.5 Å². The van der Waals surface area contributed by atoms with Gasteiger partial charge in [0.2, 0.25) is 10.0 Å². The van der Waals surface area contributed by atoms with E-state index < -0.39 is 10.0 Å². The zero-order valence-electron chi connectivity index (χ0n) is 12.5. The lowest BCUT2D eigenvalue weighted by molar-refractivity contribution is 0.305. The number of aromatic nitrogens is 1. The molecule has 0 saturated heterocycles. The van der Waals surface area contributed by atoms with Crippen molar-refractivity contribution in [1.29, 1.82) is 0 Å². The molecule has 21 heavy (non-hydrogen) atoms. The van der Waals surface area contributed by atoms with Crippen molar-refractivity contribution in [3.8, 4) is 5.75 Å². The largest absolute Gasteiger partial charge is 0.486 e. The second-order valence-electron chi connectivity index (χ2n) is 4.76. The predicted octanol–water partition coefficient (Wildman–Crippen LogP) is 2.73. The summed E-state index contributed by atoms with van der Waals surface area (Å²) in [6.45, 7) is 4.43. The molecule has 2 rings (SSSR count). The highest BCUT2D eigenvalue weighted by atomic mass is 32.2. The second-order valence-corrected chi connectivity index (χ2v) is 8.06. The van der Waals surface area contributed by atoms with Crippen LogP contribution >= 0.6 is 11.3 Å². The smallest absolute Gasteiger partial charge is 0.231 e. The molecule has 2 aromatic rings. The highest BCUT2D eigenvalue weighted by molar-refractivity contribution is 7.92. The molecule has 1 heterocycles. The molecule has 0 N–H and O–H groups in total. The van der Waals surface area contributed by atoms with Gasteiger partial charge in [0.1, 0.15) is 17.4 Å². The Hall–Kier alpha value is -1.60. The molecule has 0 spiro atoms. The maximum Gasteiger partial charge on any atom is 0.231 e. The number of nitrogens with zero attached hydrogens (tertiary/aromatic N) is 2. The van der Waals surface area contributed by atoms with Gasteiger partial charge in [-0.25, -0.2) is 13.4 Å². The van der Waals surface area contributed by atoms with Gasteiger partial charge in [0, 0.05) is 11.9 Å². The average molecular weight is 326 g/mol. The van der Waals surface area contributed by atoms with Crippen molar-refractivity contribution >= 4 is 27.0 Å². The van der Waals surface area contributed by atoms with E-state index in [9.17, 15) is 8.42 Å². The Morgan fingerprint density at radius 1 is 1.24 bits per heavy atom. The molecule has 0 aliphatic carbocycles. The van der Waals surface area contributed by atoms with Gasteiger partial charge in [-0.1, -0.05) is 0 Å². The van der Waals surface area contributed by atoms with Crippen LogP contribution in [-0.4, -0.2) is 26.7 Å². The van der Waals surface area contributed by atoms with E-state index in [1.54, 1.807) is 35.6 Å². The van der Waals surface area contributed by atoms with Crippen LogP contribution in [0.5, 0.6) is 5.75 Å². The number of rotatable bonds is 5. The second kappa shape index (κ2) is 6.03. The lowest BCUT2D eigenvalue weighted by Gasteiger charge is -2.16. The van der Waals surface area contributed by atoms with E-state index in [4.69, 9.17) is 4.74 Å². The van der Waals surface area contributed by atoms with Crippen molar-refractivity contribution in [3.63, 3.8) is 0 Å². The van der Waals surface area contributed by atoms with E-state index in [-0.39, 0.29) is 0 Å². The summed E-state index contributed by atoms with van der Waals surface area (Å²) in [7, 11) is -1.72. The van der Waals surface area contributed by atoms with Crippen LogP contribution in [0.2, 0.25) is 0 Å². The summed E-state index contributed by atoms with van der Waals surface area (Å²) in [5, 5.41) is 0.933. The molecule has 1 aromatic heterocycles. The fraction of sp³-hybridized carbons (Fsp3) is 0.357. The van der Waals surface area contributed by atoms with E-state index in [2.05, 4.69) is 4.98 Å². The summed E-state index contributed by atoms with van der Waals surface area (Å²) >= 11 is 1.62. The predicted molar refractivity (Wildman–Crippen MR) is 85.6 cm³/mol. The summed E-state index contributed by atoms with van der Waals surface area (Å²) in [6.07, 6.45) is 1.17. The van der Waals surface area contributed by atoms with Gasteiger partial charge in [-0.2, -0.15) is 0 Å². The van der Waals surface area contributed by atoms with Crippen molar-refractivity contribution in [1.82, 2.24) is 4.98 Å². The number of ether oxygens (including phenoxy) is 1. The summed E-state index contributed by atoms with van der Waals surface area (Å²) in [5.41, 5.74) is 1.63. The first-order valence-electron chi connectivity index (χ1n) is 6.37. The standard InChI is InChI=1S/C14H18N2O3S2/c1-10-11(2)20-14(15-10)9-19-13-7-5-12(6-8-13)16(3)21(4,17)18/h5-8H,9H2,1-4H3. The van der Waals surface area contributed by atoms with Crippen molar-refractivity contribution in [2.24, 2.45) is 0 Å². The van der Waals surface area contributed by atoms with Crippen LogP contribution in [0.25, 0.3) is 0 Å². The summed E-state index contributed by atoms with van der Waals surface area (Å²) in [5.74, 6) is 0.686. The third-order valence-corrected chi connectivity index (χ3v) is 5.39. The highest BCUT2D eigenvalue weighted by Crippen LogP contribution is 2.22. The third-order valence-electron chi connectivity index (χ3n) is 3.13. The van der Waals surface area contributed by atoms with Crippen LogP contribution in [0.15, 0.2) is 24.3 Å². The number of hydrogen-bond donors (Lipinski definition) is 0. The minimum Gasteiger partial charge on any atom is -0.486 e. The van der Waals surface area contributed by atoms with E-state index in [1.165, 1.54) is 22.5 Å². The molecule has 0 unspecified atom stereocenters. The number of sulfonamides is 1. The zero-order valence-corrected chi connectivity index (χ0v) is 14.1. The first kappa shape index (κ1) is 15.8. The van der Waals surface area contributed by atoms with Gasteiger partial charge >= 0.3 is 0 Å². The summed E-state index contributed by atoms with van der Waals surface area (Å²) < 4.78 is 29.8. The minimum absolute atomic E-state index is 0.417. The first-order valence-corrected chi connectivity index (χ1v) is 9.03.